The van der Waals surface area contributed by atoms with E-state index in [1.54, 1.807) is 0 Å². The Morgan fingerprint density at radius 2 is 1.85 bits per heavy atom. The normalized spacial score (nSPS) is 16.2. The van der Waals surface area contributed by atoms with E-state index in [0.29, 0.717) is 6.04 Å². The third-order valence-corrected chi connectivity index (χ3v) is 5.35. The SMILES string of the molecule is C/C(=C\c1ccccc1)c1nc2c(C)cccn2c1NC1CCCCC1. The Bertz CT molecular complexity index is 915. The quantitative estimate of drug-likeness (QED) is 0.633. The van der Waals surface area contributed by atoms with Gasteiger partial charge in [0, 0.05) is 12.2 Å². The van der Waals surface area contributed by atoms with Crippen LogP contribution in [0.3, 0.4) is 0 Å². The van der Waals surface area contributed by atoms with E-state index in [-0.39, 0.29) is 0 Å². The Hall–Kier alpha value is -2.55. The lowest BCUT2D eigenvalue weighted by atomic mass is 9.95. The Labute approximate surface area is 155 Å². The van der Waals surface area contributed by atoms with E-state index in [2.05, 4.69) is 78.3 Å². The highest BCUT2D eigenvalue weighted by atomic mass is 15.1. The molecule has 1 fully saturated rings. The predicted molar refractivity (Wildman–Crippen MR) is 110 cm³/mol. The topological polar surface area (TPSA) is 29.3 Å². The number of fused-ring (bicyclic) bond motifs is 1. The summed E-state index contributed by atoms with van der Waals surface area (Å²) in [6, 6.07) is 15.3. The molecule has 1 aliphatic rings. The maximum absolute atomic E-state index is 5.01. The number of pyridine rings is 1. The number of aromatic nitrogens is 2. The van der Waals surface area contributed by atoms with E-state index in [0.717, 1.165) is 17.2 Å². The summed E-state index contributed by atoms with van der Waals surface area (Å²) in [4.78, 5) is 5.01. The van der Waals surface area contributed by atoms with Crippen LogP contribution in [0.15, 0.2) is 48.7 Å². The number of hydrogen-bond donors (Lipinski definition) is 1. The molecule has 3 nitrogen and oxygen atoms in total. The van der Waals surface area contributed by atoms with Gasteiger partial charge in [-0.2, -0.15) is 0 Å². The van der Waals surface area contributed by atoms with E-state index in [1.807, 2.05) is 0 Å². The molecule has 0 unspecified atom stereocenters. The summed E-state index contributed by atoms with van der Waals surface area (Å²) in [7, 11) is 0. The van der Waals surface area contributed by atoms with Crippen LogP contribution < -0.4 is 5.32 Å². The van der Waals surface area contributed by atoms with Crippen LogP contribution in [-0.2, 0) is 0 Å². The maximum Gasteiger partial charge on any atom is 0.142 e. The van der Waals surface area contributed by atoms with E-state index in [9.17, 15) is 0 Å². The van der Waals surface area contributed by atoms with Crippen molar-refractivity contribution in [3.05, 3.63) is 65.5 Å². The molecule has 2 aromatic heterocycles. The van der Waals surface area contributed by atoms with Crippen LogP contribution in [-0.4, -0.2) is 15.4 Å². The molecule has 3 heteroatoms. The van der Waals surface area contributed by atoms with Gasteiger partial charge < -0.3 is 5.32 Å². The molecule has 4 rings (SSSR count). The highest BCUT2D eigenvalue weighted by Gasteiger charge is 2.20. The lowest BCUT2D eigenvalue weighted by molar-refractivity contribution is 0.461. The summed E-state index contributed by atoms with van der Waals surface area (Å²) in [5.74, 6) is 1.14. The van der Waals surface area contributed by atoms with Crippen molar-refractivity contribution < 1.29 is 0 Å². The lowest BCUT2D eigenvalue weighted by Gasteiger charge is -2.24. The van der Waals surface area contributed by atoms with Crippen LogP contribution in [0.1, 0.15) is 55.8 Å². The summed E-state index contributed by atoms with van der Waals surface area (Å²) in [6.07, 6.45) is 10.9. The highest BCUT2D eigenvalue weighted by Crippen LogP contribution is 2.30. The number of nitrogens with one attached hydrogen (secondary N) is 1. The molecule has 1 aliphatic carbocycles. The van der Waals surface area contributed by atoms with Gasteiger partial charge in [0.1, 0.15) is 17.2 Å². The molecular weight excluding hydrogens is 318 g/mol. The zero-order valence-electron chi connectivity index (χ0n) is 15.7. The van der Waals surface area contributed by atoms with Crippen LogP contribution in [0, 0.1) is 6.92 Å². The van der Waals surface area contributed by atoms with Gasteiger partial charge in [0.25, 0.3) is 0 Å². The fraction of sp³-hybridized carbons (Fsp3) is 0.348. The van der Waals surface area contributed by atoms with Gasteiger partial charge in [-0.15, -0.1) is 0 Å². The molecule has 0 amide bonds. The first-order valence-electron chi connectivity index (χ1n) is 9.70. The van der Waals surface area contributed by atoms with Crippen molar-refractivity contribution in [1.82, 2.24) is 9.38 Å². The average Bonchev–Trinajstić information content (AvgIpc) is 3.04. The van der Waals surface area contributed by atoms with Crippen LogP contribution in [0.5, 0.6) is 0 Å². The van der Waals surface area contributed by atoms with Gasteiger partial charge in [-0.3, -0.25) is 4.40 Å². The molecule has 1 N–H and O–H groups in total. The maximum atomic E-state index is 5.01. The van der Waals surface area contributed by atoms with Gasteiger partial charge in [0.05, 0.1) is 0 Å². The van der Waals surface area contributed by atoms with E-state index in [4.69, 9.17) is 4.98 Å². The number of aryl methyl sites for hydroxylation is 1. The number of imidazole rings is 1. The van der Waals surface area contributed by atoms with Crippen LogP contribution >= 0.6 is 0 Å². The van der Waals surface area contributed by atoms with Gasteiger partial charge in [-0.05, 0) is 55.5 Å². The summed E-state index contributed by atoms with van der Waals surface area (Å²) in [5.41, 5.74) is 5.72. The monoisotopic (exact) mass is 345 g/mol. The molecule has 1 saturated carbocycles. The third kappa shape index (κ3) is 3.39. The second-order valence-corrected chi connectivity index (χ2v) is 7.41. The van der Waals surface area contributed by atoms with Crippen LogP contribution in [0.4, 0.5) is 5.82 Å². The van der Waals surface area contributed by atoms with E-state index < -0.39 is 0 Å². The predicted octanol–water partition coefficient (Wildman–Crippen LogP) is 5.95. The van der Waals surface area contributed by atoms with Crippen molar-refractivity contribution >= 4 is 23.1 Å². The van der Waals surface area contributed by atoms with E-state index >= 15 is 0 Å². The molecule has 0 aliphatic heterocycles. The number of hydrogen-bond acceptors (Lipinski definition) is 2. The Morgan fingerprint density at radius 3 is 2.62 bits per heavy atom. The number of rotatable bonds is 4. The van der Waals surface area contributed by atoms with Gasteiger partial charge in [0.2, 0.25) is 0 Å². The molecular formula is C23H27N3. The van der Waals surface area contributed by atoms with Crippen LogP contribution in [0.25, 0.3) is 17.3 Å². The van der Waals surface area contributed by atoms with Crippen molar-refractivity contribution in [1.29, 1.82) is 0 Å². The number of anilines is 1. The van der Waals surface area contributed by atoms with Crippen molar-refractivity contribution in [3.63, 3.8) is 0 Å². The summed E-state index contributed by atoms with van der Waals surface area (Å²) >= 11 is 0. The van der Waals surface area contributed by atoms with Gasteiger partial charge in [-0.1, -0.05) is 55.7 Å². The molecule has 0 bridgehead atoms. The molecule has 0 radical (unpaired) electrons. The molecule has 0 spiro atoms. The van der Waals surface area contributed by atoms with Crippen molar-refractivity contribution in [3.8, 4) is 0 Å². The smallest absolute Gasteiger partial charge is 0.142 e. The molecule has 26 heavy (non-hydrogen) atoms. The number of allylic oxidation sites excluding steroid dienone is 1. The second-order valence-electron chi connectivity index (χ2n) is 7.41. The molecule has 2 heterocycles. The van der Waals surface area contributed by atoms with Crippen molar-refractivity contribution in [2.75, 3.05) is 5.32 Å². The first-order chi connectivity index (χ1) is 12.7. The van der Waals surface area contributed by atoms with Gasteiger partial charge in [-0.25, -0.2) is 4.98 Å². The lowest BCUT2D eigenvalue weighted by Crippen LogP contribution is -2.23. The third-order valence-electron chi connectivity index (χ3n) is 5.35. The van der Waals surface area contributed by atoms with Gasteiger partial charge in [0.15, 0.2) is 0 Å². The van der Waals surface area contributed by atoms with Crippen molar-refractivity contribution in [2.24, 2.45) is 0 Å². The zero-order chi connectivity index (χ0) is 17.9. The second kappa shape index (κ2) is 7.36. The minimum atomic E-state index is 0.549. The minimum Gasteiger partial charge on any atom is -0.367 e. The minimum absolute atomic E-state index is 0.549. The summed E-state index contributed by atoms with van der Waals surface area (Å²) in [6.45, 7) is 4.29. The van der Waals surface area contributed by atoms with Gasteiger partial charge >= 0.3 is 0 Å². The summed E-state index contributed by atoms with van der Waals surface area (Å²) in [5, 5.41) is 3.83. The Morgan fingerprint density at radius 1 is 1.08 bits per heavy atom. The molecule has 0 saturated heterocycles. The molecule has 134 valence electrons. The van der Waals surface area contributed by atoms with Crippen LogP contribution in [0.2, 0.25) is 0 Å². The number of nitrogens with zero attached hydrogens (tertiary/aromatic N) is 2. The van der Waals surface area contributed by atoms with E-state index in [1.165, 1.54) is 48.8 Å². The standard InChI is InChI=1S/C23H27N3/c1-17-10-9-15-26-22(17)25-21(18(2)16-19-11-5-3-6-12-19)23(26)24-20-13-7-4-8-14-20/h3,5-6,9-12,15-16,20,24H,4,7-8,13-14H2,1-2H3/b18-16+. The number of benzene rings is 1. The Kier molecular flexibility index (Phi) is 4.79. The largest absolute Gasteiger partial charge is 0.367 e. The fourth-order valence-electron chi connectivity index (χ4n) is 3.92. The zero-order valence-corrected chi connectivity index (χ0v) is 15.7. The first kappa shape index (κ1) is 16.9. The fourth-order valence-corrected chi connectivity index (χ4v) is 3.92. The van der Waals surface area contributed by atoms with Crippen molar-refractivity contribution in [2.45, 2.75) is 52.0 Å². The summed E-state index contributed by atoms with van der Waals surface area (Å²) < 4.78 is 2.22. The first-order valence-corrected chi connectivity index (χ1v) is 9.70. The average molecular weight is 345 g/mol. The Balaban J connectivity index is 1.78. The molecule has 0 atom stereocenters. The highest BCUT2D eigenvalue weighted by molar-refractivity contribution is 5.85. The molecule has 1 aromatic carbocycles. The molecule has 3 aromatic rings.